The fourth-order valence-electron chi connectivity index (χ4n) is 3.67. The Labute approximate surface area is 140 Å². The number of aryl methyl sites for hydroxylation is 3. The summed E-state index contributed by atoms with van der Waals surface area (Å²) in [5, 5.41) is 13.4. The molecule has 0 spiro atoms. The highest BCUT2D eigenvalue weighted by Crippen LogP contribution is 2.29. The van der Waals surface area contributed by atoms with Crippen molar-refractivity contribution in [2.45, 2.75) is 51.6 Å². The molecule has 126 valence electrons. The van der Waals surface area contributed by atoms with Crippen LogP contribution in [0.2, 0.25) is 0 Å². The van der Waals surface area contributed by atoms with Gasteiger partial charge in [-0.25, -0.2) is 9.97 Å². The van der Waals surface area contributed by atoms with Crippen LogP contribution in [0.1, 0.15) is 41.9 Å². The van der Waals surface area contributed by atoms with Crippen LogP contribution in [0.3, 0.4) is 0 Å². The van der Waals surface area contributed by atoms with Crippen LogP contribution in [0.25, 0.3) is 0 Å². The van der Waals surface area contributed by atoms with Crippen LogP contribution >= 0.6 is 0 Å². The van der Waals surface area contributed by atoms with Crippen LogP contribution in [0.5, 0.6) is 0 Å². The van der Waals surface area contributed by atoms with Crippen LogP contribution in [0.15, 0.2) is 12.4 Å². The van der Waals surface area contributed by atoms with E-state index in [-0.39, 0.29) is 6.42 Å². The van der Waals surface area contributed by atoms with E-state index in [1.807, 2.05) is 10.7 Å². The minimum absolute atomic E-state index is 0.125. The van der Waals surface area contributed by atoms with Crippen molar-refractivity contribution in [3.8, 4) is 0 Å². The van der Waals surface area contributed by atoms with Gasteiger partial charge in [0.2, 0.25) is 0 Å². The molecule has 2 aliphatic rings. The van der Waals surface area contributed by atoms with E-state index in [4.69, 9.17) is 5.11 Å². The molecule has 4 rings (SSSR count). The number of rotatable bonds is 4. The minimum Gasteiger partial charge on any atom is -0.481 e. The third-order valence-corrected chi connectivity index (χ3v) is 4.81. The molecule has 0 fully saturated rings. The Morgan fingerprint density at radius 2 is 2.12 bits per heavy atom. The fraction of sp³-hybridized carbons (Fsp3) is 0.529. The molecule has 7 heteroatoms. The Bertz CT molecular complexity index is 770. The lowest BCUT2D eigenvalue weighted by Gasteiger charge is -2.23. The lowest BCUT2D eigenvalue weighted by Crippen LogP contribution is -2.25. The average Bonchev–Trinajstić information content (AvgIpc) is 3.14. The second kappa shape index (κ2) is 6.22. The first-order valence-electron chi connectivity index (χ1n) is 8.56. The molecule has 0 atom stereocenters. The second-order valence-electron chi connectivity index (χ2n) is 6.50. The minimum atomic E-state index is -0.781. The van der Waals surface area contributed by atoms with Crippen molar-refractivity contribution in [2.24, 2.45) is 0 Å². The lowest BCUT2D eigenvalue weighted by molar-refractivity contribution is -0.136. The first-order valence-corrected chi connectivity index (χ1v) is 8.56. The zero-order valence-electron chi connectivity index (χ0n) is 13.6. The van der Waals surface area contributed by atoms with E-state index in [1.165, 1.54) is 11.3 Å². The highest BCUT2D eigenvalue weighted by molar-refractivity contribution is 5.67. The number of nitrogens with zero attached hydrogens (tertiary/aromatic N) is 5. The predicted octanol–water partition coefficient (Wildman–Crippen LogP) is 1.59. The summed E-state index contributed by atoms with van der Waals surface area (Å²) < 4.78 is 2.03. The molecular formula is C17H21N5O2. The smallest absolute Gasteiger partial charge is 0.303 e. The van der Waals surface area contributed by atoms with Gasteiger partial charge in [0.05, 0.1) is 24.4 Å². The number of hydrogen-bond acceptors (Lipinski definition) is 5. The van der Waals surface area contributed by atoms with Gasteiger partial charge in [0.15, 0.2) is 0 Å². The molecule has 0 radical (unpaired) electrons. The van der Waals surface area contributed by atoms with E-state index in [1.54, 1.807) is 6.33 Å². The summed E-state index contributed by atoms with van der Waals surface area (Å²) in [5.41, 5.74) is 4.50. The van der Waals surface area contributed by atoms with Gasteiger partial charge in [-0.1, -0.05) is 0 Å². The van der Waals surface area contributed by atoms with E-state index in [9.17, 15) is 4.79 Å². The van der Waals surface area contributed by atoms with Crippen LogP contribution in [0, 0.1) is 0 Å². The Kier molecular flexibility index (Phi) is 3.92. The van der Waals surface area contributed by atoms with E-state index in [0.29, 0.717) is 6.42 Å². The van der Waals surface area contributed by atoms with Gasteiger partial charge in [0.1, 0.15) is 12.1 Å². The molecule has 1 aliphatic heterocycles. The van der Waals surface area contributed by atoms with Crippen LogP contribution in [-0.4, -0.2) is 37.4 Å². The summed E-state index contributed by atoms with van der Waals surface area (Å²) in [6.45, 7) is 2.59. The normalized spacial score (nSPS) is 16.6. The Hall–Kier alpha value is -2.44. The summed E-state index contributed by atoms with van der Waals surface area (Å²) >= 11 is 0. The van der Waals surface area contributed by atoms with Crippen molar-refractivity contribution in [3.05, 3.63) is 35.0 Å². The Morgan fingerprint density at radius 1 is 1.21 bits per heavy atom. The molecule has 2 aromatic heterocycles. The van der Waals surface area contributed by atoms with E-state index < -0.39 is 5.97 Å². The zero-order chi connectivity index (χ0) is 16.5. The first-order chi connectivity index (χ1) is 11.7. The molecule has 24 heavy (non-hydrogen) atoms. The van der Waals surface area contributed by atoms with Crippen molar-refractivity contribution >= 4 is 11.8 Å². The quantitative estimate of drug-likeness (QED) is 0.918. The molecule has 0 saturated heterocycles. The van der Waals surface area contributed by atoms with Crippen LogP contribution in [-0.2, 0) is 37.1 Å². The number of carboxylic acid groups (broad SMARTS) is 1. The molecule has 0 saturated carbocycles. The molecule has 2 aromatic rings. The lowest BCUT2D eigenvalue weighted by atomic mass is 10.2. The molecule has 0 aromatic carbocycles. The second-order valence-corrected chi connectivity index (χ2v) is 6.50. The largest absolute Gasteiger partial charge is 0.481 e. The highest BCUT2D eigenvalue weighted by Gasteiger charge is 2.24. The van der Waals surface area contributed by atoms with Crippen molar-refractivity contribution in [3.63, 3.8) is 0 Å². The maximum Gasteiger partial charge on any atom is 0.303 e. The van der Waals surface area contributed by atoms with E-state index in [0.717, 1.165) is 62.5 Å². The molecule has 1 N–H and O–H groups in total. The van der Waals surface area contributed by atoms with Crippen molar-refractivity contribution < 1.29 is 9.90 Å². The van der Waals surface area contributed by atoms with Crippen molar-refractivity contribution in [2.75, 3.05) is 11.4 Å². The van der Waals surface area contributed by atoms with Crippen molar-refractivity contribution in [1.29, 1.82) is 0 Å². The van der Waals surface area contributed by atoms with Gasteiger partial charge in [-0.15, -0.1) is 0 Å². The SMILES string of the molecule is O=C(O)CCc1cc2n(n1)CCCN(c1ncnc3c1CCC3)C2. The zero-order valence-corrected chi connectivity index (χ0v) is 13.6. The van der Waals surface area contributed by atoms with E-state index in [2.05, 4.69) is 20.0 Å². The number of fused-ring (bicyclic) bond motifs is 2. The monoisotopic (exact) mass is 327 g/mol. The number of aromatic nitrogens is 4. The standard InChI is InChI=1S/C17H21N5O2/c23-16(24)6-5-12-9-13-10-21(7-2-8-22(13)20-12)17-14-3-1-4-15(14)18-11-19-17/h9,11H,1-8,10H2,(H,23,24). The van der Waals surface area contributed by atoms with Gasteiger partial charge in [-0.05, 0) is 31.7 Å². The molecule has 1 aliphatic carbocycles. The van der Waals surface area contributed by atoms with Gasteiger partial charge in [-0.2, -0.15) is 5.10 Å². The summed E-state index contributed by atoms with van der Waals surface area (Å²) in [6, 6.07) is 2.04. The number of carboxylic acids is 1. The van der Waals surface area contributed by atoms with Gasteiger partial charge in [-0.3, -0.25) is 9.48 Å². The van der Waals surface area contributed by atoms with Crippen LogP contribution < -0.4 is 4.90 Å². The number of anilines is 1. The average molecular weight is 327 g/mol. The number of carbonyl (C=O) groups is 1. The Morgan fingerprint density at radius 3 is 3.00 bits per heavy atom. The predicted molar refractivity (Wildman–Crippen MR) is 87.9 cm³/mol. The number of aliphatic carboxylic acids is 1. The third kappa shape index (κ3) is 2.86. The van der Waals surface area contributed by atoms with Gasteiger partial charge >= 0.3 is 5.97 Å². The summed E-state index contributed by atoms with van der Waals surface area (Å²) in [4.78, 5) is 22.1. The molecular weight excluding hydrogens is 306 g/mol. The van der Waals surface area contributed by atoms with E-state index >= 15 is 0 Å². The van der Waals surface area contributed by atoms with Gasteiger partial charge in [0.25, 0.3) is 0 Å². The molecule has 7 nitrogen and oxygen atoms in total. The topological polar surface area (TPSA) is 84.1 Å². The van der Waals surface area contributed by atoms with Crippen LogP contribution in [0.4, 0.5) is 5.82 Å². The highest BCUT2D eigenvalue weighted by atomic mass is 16.4. The first kappa shape index (κ1) is 15.1. The number of hydrogen-bond donors (Lipinski definition) is 1. The van der Waals surface area contributed by atoms with Crippen molar-refractivity contribution in [1.82, 2.24) is 19.7 Å². The maximum absolute atomic E-state index is 10.8. The van der Waals surface area contributed by atoms with Gasteiger partial charge < -0.3 is 10.0 Å². The summed E-state index contributed by atoms with van der Waals surface area (Å²) in [7, 11) is 0. The molecule has 0 amide bonds. The summed E-state index contributed by atoms with van der Waals surface area (Å²) in [5.74, 6) is 0.288. The fourth-order valence-corrected chi connectivity index (χ4v) is 3.67. The molecule has 3 heterocycles. The third-order valence-electron chi connectivity index (χ3n) is 4.81. The summed E-state index contributed by atoms with van der Waals surface area (Å²) in [6.07, 6.45) is 6.57. The van der Waals surface area contributed by atoms with Gasteiger partial charge in [0, 0.05) is 30.8 Å². The maximum atomic E-state index is 10.8. The molecule has 0 unspecified atom stereocenters. The molecule has 0 bridgehead atoms. The Balaban J connectivity index is 1.58.